The largest absolute Gasteiger partial charge is 0.354 e. The summed E-state index contributed by atoms with van der Waals surface area (Å²) in [6.07, 6.45) is 2.56. The first kappa shape index (κ1) is 26.3. The standard InChI is InChI=1S/C31H32N4O4/c1-19-16-26-27(17-22(19)18-36)33-31(38)28(26)29(21-7-5-4-6-8-21)32-23-9-10-25(20(2)15-23)30(37)34-39-24-11-13-35(3)14-12-24/h4-10,15-18,24,32H,11-14H2,1-3H3,(H,33,38)(H,34,37)/b29-28-. The molecule has 8 nitrogen and oxygen atoms in total. The Hall–Kier alpha value is -4.27. The minimum atomic E-state index is -0.287. The van der Waals surface area contributed by atoms with E-state index in [0.29, 0.717) is 28.1 Å². The molecule has 1 saturated heterocycles. The van der Waals surface area contributed by atoms with E-state index in [9.17, 15) is 14.4 Å². The molecule has 2 aliphatic heterocycles. The van der Waals surface area contributed by atoms with Crippen LogP contribution in [0, 0.1) is 13.8 Å². The first-order valence-corrected chi connectivity index (χ1v) is 13.1. The van der Waals surface area contributed by atoms with Crippen molar-refractivity contribution in [2.75, 3.05) is 30.8 Å². The minimum Gasteiger partial charge on any atom is -0.354 e. The summed E-state index contributed by atoms with van der Waals surface area (Å²) in [6, 6.07) is 18.6. The molecule has 1 fully saturated rings. The zero-order valence-corrected chi connectivity index (χ0v) is 22.3. The quantitative estimate of drug-likeness (QED) is 0.233. The van der Waals surface area contributed by atoms with Gasteiger partial charge in [-0.1, -0.05) is 30.3 Å². The third-order valence-corrected chi connectivity index (χ3v) is 7.31. The van der Waals surface area contributed by atoms with Gasteiger partial charge in [0.05, 0.1) is 17.4 Å². The Balaban J connectivity index is 1.43. The number of nitrogens with zero attached hydrogens (tertiary/aromatic N) is 1. The first-order valence-electron chi connectivity index (χ1n) is 13.1. The zero-order chi connectivity index (χ0) is 27.5. The molecule has 2 aliphatic rings. The number of carbonyl (C=O) groups is 3. The molecule has 8 heteroatoms. The maximum Gasteiger partial charge on any atom is 0.275 e. The van der Waals surface area contributed by atoms with Gasteiger partial charge < -0.3 is 15.5 Å². The number of carbonyl (C=O) groups excluding carboxylic acids is 3. The SMILES string of the molecule is Cc1cc2c(cc1C=O)NC(=O)/C2=C(\Nc1ccc(C(=O)NOC2CCN(C)CC2)c(C)c1)c1ccccc1. The van der Waals surface area contributed by atoms with Crippen LogP contribution in [-0.4, -0.2) is 49.2 Å². The number of likely N-dealkylation sites (tertiary alicyclic amines) is 1. The Bertz CT molecular complexity index is 1460. The van der Waals surface area contributed by atoms with E-state index in [2.05, 4.69) is 28.1 Å². The average molecular weight is 525 g/mol. The predicted octanol–water partition coefficient (Wildman–Crippen LogP) is 4.80. The fourth-order valence-corrected chi connectivity index (χ4v) is 5.04. The van der Waals surface area contributed by atoms with Crippen molar-refractivity contribution in [3.05, 3.63) is 94.0 Å². The second-order valence-corrected chi connectivity index (χ2v) is 10.1. The van der Waals surface area contributed by atoms with Gasteiger partial charge in [0.2, 0.25) is 0 Å². The number of rotatable bonds is 7. The van der Waals surface area contributed by atoms with Crippen LogP contribution in [0.2, 0.25) is 0 Å². The lowest BCUT2D eigenvalue weighted by molar-refractivity contribution is -0.110. The van der Waals surface area contributed by atoms with Gasteiger partial charge in [-0.05, 0) is 80.8 Å². The Kier molecular flexibility index (Phi) is 7.58. The van der Waals surface area contributed by atoms with Crippen molar-refractivity contribution in [2.24, 2.45) is 0 Å². The summed E-state index contributed by atoms with van der Waals surface area (Å²) in [5.74, 6) is -0.539. The summed E-state index contributed by atoms with van der Waals surface area (Å²) in [4.78, 5) is 45.4. The second-order valence-electron chi connectivity index (χ2n) is 10.1. The molecular formula is C31H32N4O4. The lowest BCUT2D eigenvalue weighted by Crippen LogP contribution is -2.38. The first-order chi connectivity index (χ1) is 18.8. The van der Waals surface area contributed by atoms with Crippen LogP contribution in [0.1, 0.15) is 55.8 Å². The number of amides is 2. The van der Waals surface area contributed by atoms with E-state index in [1.165, 1.54) is 0 Å². The highest BCUT2D eigenvalue weighted by molar-refractivity contribution is 6.37. The molecule has 0 aliphatic carbocycles. The molecule has 39 heavy (non-hydrogen) atoms. The lowest BCUT2D eigenvalue weighted by Gasteiger charge is -2.28. The number of hydrogen-bond donors (Lipinski definition) is 3. The number of nitrogens with one attached hydrogen (secondary N) is 3. The average Bonchev–Trinajstić information content (AvgIpc) is 3.25. The number of hydroxylamine groups is 1. The van der Waals surface area contributed by atoms with E-state index >= 15 is 0 Å². The van der Waals surface area contributed by atoms with E-state index in [1.807, 2.05) is 62.4 Å². The van der Waals surface area contributed by atoms with Gasteiger partial charge in [0, 0.05) is 41.2 Å². The van der Waals surface area contributed by atoms with Crippen LogP contribution in [-0.2, 0) is 9.63 Å². The molecule has 0 radical (unpaired) electrons. The molecule has 5 rings (SSSR count). The Morgan fingerprint density at radius 1 is 1.03 bits per heavy atom. The van der Waals surface area contributed by atoms with Gasteiger partial charge in [0.1, 0.15) is 6.29 Å². The van der Waals surface area contributed by atoms with Crippen molar-refractivity contribution in [2.45, 2.75) is 32.8 Å². The molecular weight excluding hydrogens is 492 g/mol. The van der Waals surface area contributed by atoms with E-state index in [-0.39, 0.29) is 17.9 Å². The smallest absolute Gasteiger partial charge is 0.275 e. The number of fused-ring (bicyclic) bond motifs is 1. The molecule has 0 bridgehead atoms. The van der Waals surface area contributed by atoms with Crippen LogP contribution in [0.4, 0.5) is 11.4 Å². The van der Waals surface area contributed by atoms with Crippen molar-refractivity contribution in [3.63, 3.8) is 0 Å². The van der Waals surface area contributed by atoms with Crippen LogP contribution in [0.15, 0.2) is 60.7 Å². The van der Waals surface area contributed by atoms with E-state index in [0.717, 1.165) is 60.2 Å². The third-order valence-electron chi connectivity index (χ3n) is 7.31. The summed E-state index contributed by atoms with van der Waals surface area (Å²) in [5.41, 5.74) is 9.25. The van der Waals surface area contributed by atoms with Crippen molar-refractivity contribution in [1.82, 2.24) is 10.4 Å². The van der Waals surface area contributed by atoms with Crippen LogP contribution in [0.25, 0.3) is 11.3 Å². The molecule has 0 aromatic heterocycles. The maximum absolute atomic E-state index is 13.2. The molecule has 200 valence electrons. The second kappa shape index (κ2) is 11.2. The highest BCUT2D eigenvalue weighted by Gasteiger charge is 2.29. The maximum atomic E-state index is 13.2. The van der Waals surface area contributed by atoms with Gasteiger partial charge in [0.15, 0.2) is 0 Å². The van der Waals surface area contributed by atoms with Crippen molar-refractivity contribution in [1.29, 1.82) is 0 Å². The molecule has 3 aromatic rings. The molecule has 2 amide bonds. The van der Waals surface area contributed by atoms with Crippen LogP contribution in [0.3, 0.4) is 0 Å². The topological polar surface area (TPSA) is 99.8 Å². The third kappa shape index (κ3) is 5.62. The Morgan fingerprint density at radius 2 is 1.77 bits per heavy atom. The van der Waals surface area contributed by atoms with Crippen molar-refractivity contribution < 1.29 is 19.2 Å². The predicted molar refractivity (Wildman–Crippen MR) is 152 cm³/mol. The summed E-state index contributed by atoms with van der Waals surface area (Å²) in [7, 11) is 2.08. The van der Waals surface area contributed by atoms with Gasteiger partial charge in [0.25, 0.3) is 11.8 Å². The monoisotopic (exact) mass is 524 g/mol. The summed E-state index contributed by atoms with van der Waals surface area (Å²) in [6.45, 7) is 5.61. The molecule has 3 N–H and O–H groups in total. The number of anilines is 2. The van der Waals surface area contributed by atoms with Crippen molar-refractivity contribution in [3.8, 4) is 0 Å². The highest BCUT2D eigenvalue weighted by Crippen LogP contribution is 2.39. The van der Waals surface area contributed by atoms with E-state index < -0.39 is 0 Å². The Labute approximate surface area is 228 Å². The summed E-state index contributed by atoms with van der Waals surface area (Å²) >= 11 is 0. The number of aldehydes is 1. The normalized spacial score (nSPS) is 16.8. The summed E-state index contributed by atoms with van der Waals surface area (Å²) in [5, 5.41) is 6.33. The fourth-order valence-electron chi connectivity index (χ4n) is 5.04. The minimum absolute atomic E-state index is 0.0122. The molecule has 0 unspecified atom stereocenters. The number of benzene rings is 3. The highest BCUT2D eigenvalue weighted by atomic mass is 16.7. The van der Waals surface area contributed by atoms with Crippen LogP contribution >= 0.6 is 0 Å². The Morgan fingerprint density at radius 3 is 2.46 bits per heavy atom. The van der Waals surface area contributed by atoms with Gasteiger partial charge in [-0.3, -0.25) is 19.2 Å². The van der Waals surface area contributed by atoms with E-state index in [1.54, 1.807) is 12.1 Å². The lowest BCUT2D eigenvalue weighted by atomic mass is 9.96. The van der Waals surface area contributed by atoms with Gasteiger partial charge >= 0.3 is 0 Å². The van der Waals surface area contributed by atoms with E-state index in [4.69, 9.17) is 4.84 Å². The molecule has 0 atom stereocenters. The van der Waals surface area contributed by atoms with Gasteiger partial charge in [-0.15, -0.1) is 0 Å². The zero-order valence-electron chi connectivity index (χ0n) is 22.3. The fraction of sp³-hybridized carbons (Fsp3) is 0.258. The van der Waals surface area contributed by atoms with Crippen LogP contribution < -0.4 is 16.1 Å². The number of hydrogen-bond acceptors (Lipinski definition) is 6. The van der Waals surface area contributed by atoms with Crippen LogP contribution in [0.5, 0.6) is 0 Å². The van der Waals surface area contributed by atoms with Crippen molar-refractivity contribution >= 4 is 40.7 Å². The molecule has 2 heterocycles. The number of piperidine rings is 1. The van der Waals surface area contributed by atoms with Gasteiger partial charge in [-0.2, -0.15) is 0 Å². The summed E-state index contributed by atoms with van der Waals surface area (Å²) < 4.78 is 0. The molecule has 3 aromatic carbocycles. The number of aryl methyl sites for hydroxylation is 2. The molecule has 0 saturated carbocycles. The molecule has 0 spiro atoms. The van der Waals surface area contributed by atoms with Gasteiger partial charge in [-0.25, -0.2) is 5.48 Å².